The largest absolute Gasteiger partial charge is 0.313 e. The second-order valence-corrected chi connectivity index (χ2v) is 5.77. The van der Waals surface area contributed by atoms with E-state index in [1.807, 2.05) is 0 Å². The van der Waals surface area contributed by atoms with Gasteiger partial charge in [0.05, 0.1) is 0 Å². The van der Waals surface area contributed by atoms with Gasteiger partial charge in [-0.2, -0.15) is 0 Å². The molecule has 1 aliphatic heterocycles. The molecule has 1 fully saturated rings. The summed E-state index contributed by atoms with van der Waals surface area (Å²) in [6.45, 7) is 4.44. The summed E-state index contributed by atoms with van der Waals surface area (Å²) in [5.74, 6) is 0.943. The molecular weight excluding hydrogens is 220 g/mol. The highest BCUT2D eigenvalue weighted by molar-refractivity contribution is 5.31. The predicted octanol–water partition coefficient (Wildman–Crippen LogP) is 3.00. The zero-order valence-corrected chi connectivity index (χ0v) is 11.3. The average molecular weight is 244 g/mol. The fraction of sp³-hybridized carbons (Fsp3) is 0.625. The second-order valence-electron chi connectivity index (χ2n) is 5.77. The van der Waals surface area contributed by atoms with Gasteiger partial charge in [0.1, 0.15) is 0 Å². The monoisotopic (exact) mass is 244 g/mol. The molecule has 3 atom stereocenters. The van der Waals surface area contributed by atoms with Crippen molar-refractivity contribution in [1.29, 1.82) is 0 Å². The SMILES string of the molecule is CCCC1CC1NC1CCNCc2ccccc21. The van der Waals surface area contributed by atoms with Gasteiger partial charge < -0.3 is 10.6 Å². The van der Waals surface area contributed by atoms with Crippen molar-refractivity contribution in [3.63, 3.8) is 0 Å². The Balaban J connectivity index is 1.69. The van der Waals surface area contributed by atoms with E-state index in [4.69, 9.17) is 0 Å². The van der Waals surface area contributed by atoms with Crippen molar-refractivity contribution in [3.05, 3.63) is 35.4 Å². The van der Waals surface area contributed by atoms with Gasteiger partial charge in [0.2, 0.25) is 0 Å². The Bertz CT molecular complexity index is 402. The normalized spacial score (nSPS) is 30.6. The highest BCUT2D eigenvalue weighted by atomic mass is 15.0. The molecule has 2 N–H and O–H groups in total. The Kier molecular flexibility index (Phi) is 3.67. The minimum atomic E-state index is 0.558. The lowest BCUT2D eigenvalue weighted by molar-refractivity contribution is 0.473. The van der Waals surface area contributed by atoms with Crippen LogP contribution in [0.15, 0.2) is 24.3 Å². The van der Waals surface area contributed by atoms with Crippen LogP contribution in [0.1, 0.15) is 49.8 Å². The summed E-state index contributed by atoms with van der Waals surface area (Å²) in [5.41, 5.74) is 2.99. The van der Waals surface area contributed by atoms with Gasteiger partial charge in [-0.3, -0.25) is 0 Å². The molecule has 18 heavy (non-hydrogen) atoms. The highest BCUT2D eigenvalue weighted by Crippen LogP contribution is 2.37. The molecule has 3 rings (SSSR count). The van der Waals surface area contributed by atoms with Gasteiger partial charge in [-0.05, 0) is 42.9 Å². The molecule has 1 aromatic rings. The highest BCUT2D eigenvalue weighted by Gasteiger charge is 2.37. The molecule has 3 unspecified atom stereocenters. The number of hydrogen-bond donors (Lipinski definition) is 2. The summed E-state index contributed by atoms with van der Waals surface area (Å²) in [6.07, 6.45) is 5.32. The molecule has 2 heteroatoms. The number of nitrogens with one attached hydrogen (secondary N) is 2. The van der Waals surface area contributed by atoms with Crippen LogP contribution in [0.2, 0.25) is 0 Å². The van der Waals surface area contributed by atoms with Crippen molar-refractivity contribution in [2.24, 2.45) is 5.92 Å². The standard InChI is InChI=1S/C16H24N2/c1-2-5-12-10-16(12)18-15-8-9-17-11-13-6-3-4-7-14(13)15/h3-4,6-7,12,15-18H,2,5,8-11H2,1H3. The third kappa shape index (κ3) is 2.60. The fourth-order valence-corrected chi connectivity index (χ4v) is 3.23. The van der Waals surface area contributed by atoms with E-state index in [2.05, 4.69) is 41.8 Å². The molecule has 0 spiro atoms. The lowest BCUT2D eigenvalue weighted by Crippen LogP contribution is -2.26. The molecule has 0 radical (unpaired) electrons. The van der Waals surface area contributed by atoms with E-state index in [1.54, 1.807) is 0 Å². The third-order valence-electron chi connectivity index (χ3n) is 4.35. The first-order chi connectivity index (χ1) is 8.88. The van der Waals surface area contributed by atoms with Crippen LogP contribution in [0.25, 0.3) is 0 Å². The van der Waals surface area contributed by atoms with E-state index in [9.17, 15) is 0 Å². The first-order valence-corrected chi connectivity index (χ1v) is 7.43. The maximum absolute atomic E-state index is 3.88. The molecule has 0 aromatic heterocycles. The molecule has 1 saturated carbocycles. The lowest BCUT2D eigenvalue weighted by Gasteiger charge is -2.19. The number of hydrogen-bond acceptors (Lipinski definition) is 2. The first kappa shape index (κ1) is 12.2. The molecule has 2 aliphatic rings. The quantitative estimate of drug-likeness (QED) is 0.851. The fourth-order valence-electron chi connectivity index (χ4n) is 3.23. The van der Waals surface area contributed by atoms with Gasteiger partial charge in [-0.1, -0.05) is 37.6 Å². The summed E-state index contributed by atoms with van der Waals surface area (Å²) in [4.78, 5) is 0. The van der Waals surface area contributed by atoms with E-state index >= 15 is 0 Å². The Morgan fingerprint density at radius 2 is 2.22 bits per heavy atom. The van der Waals surface area contributed by atoms with Crippen molar-refractivity contribution < 1.29 is 0 Å². The van der Waals surface area contributed by atoms with E-state index < -0.39 is 0 Å². The van der Waals surface area contributed by atoms with Crippen LogP contribution >= 0.6 is 0 Å². The Morgan fingerprint density at radius 1 is 1.33 bits per heavy atom. The van der Waals surface area contributed by atoms with Crippen molar-refractivity contribution in [2.75, 3.05) is 6.54 Å². The number of benzene rings is 1. The smallest absolute Gasteiger partial charge is 0.0338 e. The Labute approximate surface area is 110 Å². The van der Waals surface area contributed by atoms with Crippen LogP contribution in [-0.2, 0) is 6.54 Å². The van der Waals surface area contributed by atoms with E-state index in [0.29, 0.717) is 6.04 Å². The van der Waals surface area contributed by atoms with Gasteiger partial charge in [-0.25, -0.2) is 0 Å². The van der Waals surface area contributed by atoms with Gasteiger partial charge in [0.25, 0.3) is 0 Å². The molecular formula is C16H24N2. The van der Waals surface area contributed by atoms with Gasteiger partial charge in [0.15, 0.2) is 0 Å². The van der Waals surface area contributed by atoms with E-state index in [0.717, 1.165) is 25.0 Å². The zero-order valence-electron chi connectivity index (χ0n) is 11.3. The minimum Gasteiger partial charge on any atom is -0.313 e. The van der Waals surface area contributed by atoms with Gasteiger partial charge >= 0.3 is 0 Å². The number of rotatable bonds is 4. The first-order valence-electron chi connectivity index (χ1n) is 7.43. The van der Waals surface area contributed by atoms with Crippen molar-refractivity contribution >= 4 is 0 Å². The van der Waals surface area contributed by atoms with Crippen LogP contribution < -0.4 is 10.6 Å². The molecule has 1 heterocycles. The van der Waals surface area contributed by atoms with Crippen molar-refractivity contribution in [1.82, 2.24) is 10.6 Å². The van der Waals surface area contributed by atoms with Crippen LogP contribution in [0.4, 0.5) is 0 Å². The molecule has 1 aliphatic carbocycles. The van der Waals surface area contributed by atoms with Crippen molar-refractivity contribution in [3.8, 4) is 0 Å². The van der Waals surface area contributed by atoms with Crippen molar-refractivity contribution in [2.45, 2.75) is 51.2 Å². The average Bonchev–Trinajstić information content (AvgIpc) is 3.15. The van der Waals surface area contributed by atoms with Crippen LogP contribution in [0.3, 0.4) is 0 Å². The summed E-state index contributed by atoms with van der Waals surface area (Å²) in [6, 6.07) is 10.2. The zero-order chi connectivity index (χ0) is 12.4. The number of fused-ring (bicyclic) bond motifs is 1. The summed E-state index contributed by atoms with van der Waals surface area (Å²) in [5, 5.41) is 7.41. The van der Waals surface area contributed by atoms with Crippen LogP contribution in [0, 0.1) is 5.92 Å². The molecule has 0 saturated heterocycles. The predicted molar refractivity (Wildman–Crippen MR) is 75.4 cm³/mol. The van der Waals surface area contributed by atoms with Crippen LogP contribution in [0.5, 0.6) is 0 Å². The van der Waals surface area contributed by atoms with E-state index in [1.165, 1.54) is 36.8 Å². The van der Waals surface area contributed by atoms with Gasteiger partial charge in [0, 0.05) is 18.6 Å². The topological polar surface area (TPSA) is 24.1 Å². The molecule has 0 bridgehead atoms. The molecule has 1 aromatic carbocycles. The van der Waals surface area contributed by atoms with Gasteiger partial charge in [-0.15, -0.1) is 0 Å². The lowest BCUT2D eigenvalue weighted by atomic mass is 9.99. The summed E-state index contributed by atoms with van der Waals surface area (Å²) < 4.78 is 0. The molecule has 0 amide bonds. The minimum absolute atomic E-state index is 0.558. The summed E-state index contributed by atoms with van der Waals surface area (Å²) >= 11 is 0. The molecule has 98 valence electrons. The summed E-state index contributed by atoms with van der Waals surface area (Å²) in [7, 11) is 0. The third-order valence-corrected chi connectivity index (χ3v) is 4.35. The maximum Gasteiger partial charge on any atom is 0.0338 e. The molecule has 2 nitrogen and oxygen atoms in total. The Morgan fingerprint density at radius 3 is 3.11 bits per heavy atom. The maximum atomic E-state index is 3.88. The second kappa shape index (κ2) is 5.41. The van der Waals surface area contributed by atoms with E-state index in [-0.39, 0.29) is 0 Å². The Hall–Kier alpha value is -0.860. The van der Waals surface area contributed by atoms with Crippen LogP contribution in [-0.4, -0.2) is 12.6 Å².